The van der Waals surface area contributed by atoms with Gasteiger partial charge in [-0.3, -0.25) is 14.5 Å². The van der Waals surface area contributed by atoms with E-state index < -0.39 is 12.0 Å². The number of carbonyl (C=O) groups is 2. The van der Waals surface area contributed by atoms with Crippen LogP contribution < -0.4 is 5.32 Å². The summed E-state index contributed by atoms with van der Waals surface area (Å²) in [5, 5.41) is 11.9. The van der Waals surface area contributed by atoms with Crippen molar-refractivity contribution in [2.45, 2.75) is 51.7 Å². The van der Waals surface area contributed by atoms with Gasteiger partial charge in [-0.05, 0) is 39.7 Å². The van der Waals surface area contributed by atoms with Gasteiger partial charge in [0.05, 0.1) is 12.6 Å². The van der Waals surface area contributed by atoms with Crippen LogP contribution in [-0.4, -0.2) is 60.3 Å². The van der Waals surface area contributed by atoms with Gasteiger partial charge in [0.25, 0.3) is 0 Å². The summed E-state index contributed by atoms with van der Waals surface area (Å²) in [4.78, 5) is 24.7. The zero-order valence-electron chi connectivity index (χ0n) is 12.4. The van der Waals surface area contributed by atoms with Gasteiger partial charge >= 0.3 is 5.97 Å². The molecule has 2 N–H and O–H groups in total. The third-order valence-electron chi connectivity index (χ3n) is 3.34. The van der Waals surface area contributed by atoms with Gasteiger partial charge < -0.3 is 15.2 Å². The topological polar surface area (TPSA) is 78.9 Å². The molecule has 1 fully saturated rings. The molecule has 1 rings (SSSR count). The number of rotatable bonds is 8. The Morgan fingerprint density at radius 1 is 1.40 bits per heavy atom. The molecule has 0 radical (unpaired) electrons. The maximum Gasteiger partial charge on any atom is 0.320 e. The molecule has 1 saturated heterocycles. The van der Waals surface area contributed by atoms with E-state index in [2.05, 4.69) is 5.32 Å². The van der Waals surface area contributed by atoms with Gasteiger partial charge in [0.1, 0.15) is 6.04 Å². The molecule has 1 unspecified atom stereocenters. The third kappa shape index (κ3) is 6.34. The number of aliphatic carboxylic acids is 1. The molecule has 1 heterocycles. The number of hydrogen-bond acceptors (Lipinski definition) is 4. The molecule has 0 aliphatic carbocycles. The first-order valence-corrected chi connectivity index (χ1v) is 7.36. The number of ether oxygens (including phenoxy) is 1. The highest BCUT2D eigenvalue weighted by atomic mass is 16.5. The van der Waals surface area contributed by atoms with E-state index in [-0.39, 0.29) is 18.6 Å². The van der Waals surface area contributed by atoms with Crippen LogP contribution in [-0.2, 0) is 14.3 Å². The number of carboxylic acid groups (broad SMARTS) is 1. The molecule has 0 aromatic heterocycles. The van der Waals surface area contributed by atoms with Gasteiger partial charge in [-0.25, -0.2) is 0 Å². The van der Waals surface area contributed by atoms with Crippen molar-refractivity contribution in [1.29, 1.82) is 0 Å². The fourth-order valence-corrected chi connectivity index (χ4v) is 2.32. The molecule has 1 aliphatic rings. The van der Waals surface area contributed by atoms with E-state index in [1.807, 2.05) is 13.8 Å². The standard InChI is InChI=1S/C14H26N2O4/c1-11(2)20-9-5-7-15-13(17)10-16-8-4-3-6-12(16)14(18)19/h11-12H,3-10H2,1-2H3,(H,15,17)(H,18,19). The summed E-state index contributed by atoms with van der Waals surface area (Å²) in [7, 11) is 0. The fraction of sp³-hybridized carbons (Fsp3) is 0.857. The first-order chi connectivity index (χ1) is 9.50. The van der Waals surface area contributed by atoms with Gasteiger partial charge in [0.2, 0.25) is 5.91 Å². The molecule has 1 aliphatic heterocycles. The number of carboxylic acids is 1. The van der Waals surface area contributed by atoms with E-state index in [0.717, 1.165) is 19.3 Å². The van der Waals surface area contributed by atoms with Crippen LogP contribution in [0.2, 0.25) is 0 Å². The summed E-state index contributed by atoms with van der Waals surface area (Å²) in [6.45, 7) is 5.99. The monoisotopic (exact) mass is 286 g/mol. The van der Waals surface area contributed by atoms with Crippen LogP contribution in [0, 0.1) is 0 Å². The van der Waals surface area contributed by atoms with Crippen molar-refractivity contribution in [3.63, 3.8) is 0 Å². The summed E-state index contributed by atoms with van der Waals surface area (Å²) in [5.74, 6) is -0.939. The normalized spacial score (nSPS) is 20.1. The van der Waals surface area contributed by atoms with Crippen LogP contribution in [0.1, 0.15) is 39.5 Å². The number of nitrogens with one attached hydrogen (secondary N) is 1. The number of carbonyl (C=O) groups excluding carboxylic acids is 1. The Labute approximate surface area is 120 Å². The molecule has 1 amide bonds. The van der Waals surface area contributed by atoms with E-state index in [1.54, 1.807) is 4.90 Å². The maximum absolute atomic E-state index is 11.8. The molecular formula is C14H26N2O4. The van der Waals surface area contributed by atoms with Gasteiger partial charge in [-0.1, -0.05) is 6.42 Å². The highest BCUT2D eigenvalue weighted by Crippen LogP contribution is 2.16. The zero-order valence-corrected chi connectivity index (χ0v) is 12.4. The second kappa shape index (κ2) is 8.92. The van der Waals surface area contributed by atoms with E-state index in [0.29, 0.717) is 26.1 Å². The molecule has 6 nitrogen and oxygen atoms in total. The second-order valence-electron chi connectivity index (χ2n) is 5.44. The predicted octanol–water partition coefficient (Wildman–Crippen LogP) is 0.857. The molecule has 6 heteroatoms. The highest BCUT2D eigenvalue weighted by Gasteiger charge is 2.29. The van der Waals surface area contributed by atoms with Gasteiger partial charge in [-0.2, -0.15) is 0 Å². The molecule has 0 aromatic rings. The second-order valence-corrected chi connectivity index (χ2v) is 5.44. The minimum Gasteiger partial charge on any atom is -0.480 e. The number of piperidine rings is 1. The van der Waals surface area contributed by atoms with Crippen LogP contribution >= 0.6 is 0 Å². The van der Waals surface area contributed by atoms with Crippen molar-refractivity contribution >= 4 is 11.9 Å². The lowest BCUT2D eigenvalue weighted by Gasteiger charge is -2.32. The number of amides is 1. The molecule has 0 aromatic carbocycles. The smallest absolute Gasteiger partial charge is 0.320 e. The third-order valence-corrected chi connectivity index (χ3v) is 3.34. The summed E-state index contributed by atoms with van der Waals surface area (Å²) in [6, 6.07) is -0.515. The largest absolute Gasteiger partial charge is 0.480 e. The lowest BCUT2D eigenvalue weighted by molar-refractivity contribution is -0.145. The zero-order chi connectivity index (χ0) is 15.0. The molecule has 0 spiro atoms. The van der Waals surface area contributed by atoms with E-state index in [9.17, 15) is 9.59 Å². The van der Waals surface area contributed by atoms with Crippen molar-refractivity contribution < 1.29 is 19.4 Å². The summed E-state index contributed by atoms with van der Waals surface area (Å²) in [6.07, 6.45) is 3.48. The van der Waals surface area contributed by atoms with Crippen molar-refractivity contribution in [1.82, 2.24) is 10.2 Å². The Bertz CT molecular complexity index is 320. The van der Waals surface area contributed by atoms with Gasteiger partial charge in [0.15, 0.2) is 0 Å². The van der Waals surface area contributed by atoms with Crippen molar-refractivity contribution in [2.24, 2.45) is 0 Å². The van der Waals surface area contributed by atoms with E-state index in [4.69, 9.17) is 9.84 Å². The quantitative estimate of drug-likeness (QED) is 0.647. The molecule has 0 saturated carbocycles. The lowest BCUT2D eigenvalue weighted by Crippen LogP contribution is -2.49. The van der Waals surface area contributed by atoms with Crippen molar-refractivity contribution in [3.8, 4) is 0 Å². The van der Waals surface area contributed by atoms with Crippen LogP contribution in [0.15, 0.2) is 0 Å². The molecular weight excluding hydrogens is 260 g/mol. The van der Waals surface area contributed by atoms with Crippen LogP contribution in [0.5, 0.6) is 0 Å². The predicted molar refractivity (Wildman–Crippen MR) is 75.6 cm³/mol. The summed E-state index contributed by atoms with van der Waals surface area (Å²) < 4.78 is 5.38. The first-order valence-electron chi connectivity index (χ1n) is 7.36. The van der Waals surface area contributed by atoms with E-state index in [1.165, 1.54) is 0 Å². The molecule has 116 valence electrons. The Kier molecular flexibility index (Phi) is 7.54. The average molecular weight is 286 g/mol. The maximum atomic E-state index is 11.8. The summed E-state index contributed by atoms with van der Waals surface area (Å²) >= 11 is 0. The fourth-order valence-electron chi connectivity index (χ4n) is 2.32. The minimum atomic E-state index is -0.831. The SMILES string of the molecule is CC(C)OCCCNC(=O)CN1CCCCC1C(=O)O. The molecule has 20 heavy (non-hydrogen) atoms. The van der Waals surface area contributed by atoms with Crippen molar-refractivity contribution in [3.05, 3.63) is 0 Å². The van der Waals surface area contributed by atoms with Gasteiger partial charge in [0, 0.05) is 13.2 Å². The van der Waals surface area contributed by atoms with Crippen molar-refractivity contribution in [2.75, 3.05) is 26.2 Å². The first kappa shape index (κ1) is 16.9. The lowest BCUT2D eigenvalue weighted by atomic mass is 10.0. The Morgan fingerprint density at radius 3 is 2.80 bits per heavy atom. The number of likely N-dealkylation sites (tertiary alicyclic amines) is 1. The Morgan fingerprint density at radius 2 is 2.15 bits per heavy atom. The van der Waals surface area contributed by atoms with Crippen LogP contribution in [0.3, 0.4) is 0 Å². The molecule has 0 bridgehead atoms. The minimum absolute atomic E-state index is 0.109. The van der Waals surface area contributed by atoms with Crippen LogP contribution in [0.25, 0.3) is 0 Å². The molecule has 1 atom stereocenters. The Hall–Kier alpha value is -1.14. The number of hydrogen-bond donors (Lipinski definition) is 2. The number of nitrogens with zero attached hydrogens (tertiary/aromatic N) is 1. The Balaban J connectivity index is 2.21. The van der Waals surface area contributed by atoms with Gasteiger partial charge in [-0.15, -0.1) is 0 Å². The average Bonchev–Trinajstić information content (AvgIpc) is 2.38. The summed E-state index contributed by atoms with van der Waals surface area (Å²) in [5.41, 5.74) is 0. The van der Waals surface area contributed by atoms with E-state index >= 15 is 0 Å². The highest BCUT2D eigenvalue weighted by molar-refractivity contribution is 5.80. The van der Waals surface area contributed by atoms with Crippen LogP contribution in [0.4, 0.5) is 0 Å².